The average molecular weight is 112 g/mol. The van der Waals surface area contributed by atoms with Crippen molar-refractivity contribution in [2.75, 3.05) is 20.6 Å². The standard InChI is InChI=1S/C6H12N2/c1-6(4-7)5-8(2)3/h6H,5H2,1-3H3/t6-/m1/s1. The second-order valence-electron chi connectivity index (χ2n) is 2.29. The Labute approximate surface area is 50.7 Å². The van der Waals surface area contributed by atoms with Crippen molar-refractivity contribution in [1.29, 1.82) is 5.26 Å². The highest BCUT2D eigenvalue weighted by molar-refractivity contribution is 4.79. The summed E-state index contributed by atoms with van der Waals surface area (Å²) in [6.45, 7) is 2.77. The van der Waals surface area contributed by atoms with Crippen molar-refractivity contribution in [2.45, 2.75) is 6.92 Å². The van der Waals surface area contributed by atoms with Gasteiger partial charge in [0, 0.05) is 6.54 Å². The summed E-state index contributed by atoms with van der Waals surface area (Å²) in [6, 6.07) is 2.15. The molecule has 2 heteroatoms. The zero-order valence-electron chi connectivity index (χ0n) is 5.68. The van der Waals surface area contributed by atoms with E-state index in [0.717, 1.165) is 6.54 Å². The zero-order chi connectivity index (χ0) is 6.57. The molecule has 0 unspecified atom stereocenters. The molecule has 0 aromatic carbocycles. The normalized spacial score (nSPS) is 13.4. The van der Waals surface area contributed by atoms with E-state index < -0.39 is 0 Å². The molecule has 0 radical (unpaired) electrons. The lowest BCUT2D eigenvalue weighted by molar-refractivity contribution is 0.375. The molecule has 1 atom stereocenters. The van der Waals surface area contributed by atoms with Crippen molar-refractivity contribution in [3.05, 3.63) is 0 Å². The lowest BCUT2D eigenvalue weighted by atomic mass is 10.2. The van der Waals surface area contributed by atoms with Crippen LogP contribution in [0, 0.1) is 17.2 Å². The van der Waals surface area contributed by atoms with Crippen LogP contribution in [0.5, 0.6) is 0 Å². The van der Waals surface area contributed by atoms with Crippen molar-refractivity contribution in [3.8, 4) is 6.07 Å². The maximum atomic E-state index is 8.31. The van der Waals surface area contributed by atoms with Gasteiger partial charge in [-0.3, -0.25) is 0 Å². The molecule has 0 fully saturated rings. The van der Waals surface area contributed by atoms with Gasteiger partial charge in [-0.1, -0.05) is 0 Å². The molecular weight excluding hydrogens is 100 g/mol. The van der Waals surface area contributed by atoms with Gasteiger partial charge in [-0.25, -0.2) is 0 Å². The fraction of sp³-hybridized carbons (Fsp3) is 0.833. The zero-order valence-corrected chi connectivity index (χ0v) is 5.68. The Kier molecular flexibility index (Phi) is 3.21. The number of nitrogens with zero attached hydrogens (tertiary/aromatic N) is 2. The van der Waals surface area contributed by atoms with Crippen LogP contribution in [0.4, 0.5) is 0 Å². The molecule has 0 saturated heterocycles. The fourth-order valence-corrected chi connectivity index (χ4v) is 0.589. The summed E-state index contributed by atoms with van der Waals surface area (Å²) in [7, 11) is 3.93. The highest BCUT2D eigenvalue weighted by Gasteiger charge is 1.98. The third-order valence-electron chi connectivity index (χ3n) is 0.859. The smallest absolute Gasteiger partial charge is 0.0666 e. The van der Waals surface area contributed by atoms with E-state index in [-0.39, 0.29) is 5.92 Å². The van der Waals surface area contributed by atoms with Crippen molar-refractivity contribution in [2.24, 2.45) is 5.92 Å². The lowest BCUT2D eigenvalue weighted by Gasteiger charge is -2.09. The third kappa shape index (κ3) is 3.63. The van der Waals surface area contributed by atoms with E-state index in [1.54, 1.807) is 0 Å². The third-order valence-corrected chi connectivity index (χ3v) is 0.859. The summed E-state index contributed by atoms with van der Waals surface area (Å²) in [6.07, 6.45) is 0. The van der Waals surface area contributed by atoms with E-state index >= 15 is 0 Å². The summed E-state index contributed by atoms with van der Waals surface area (Å²) < 4.78 is 0. The van der Waals surface area contributed by atoms with Gasteiger partial charge in [0.15, 0.2) is 0 Å². The molecule has 2 nitrogen and oxygen atoms in total. The number of hydrogen-bond donors (Lipinski definition) is 0. The number of rotatable bonds is 2. The number of hydrogen-bond acceptors (Lipinski definition) is 2. The molecule has 0 N–H and O–H groups in total. The first-order valence-electron chi connectivity index (χ1n) is 2.71. The summed E-state index contributed by atoms with van der Waals surface area (Å²) in [4.78, 5) is 2.01. The minimum absolute atomic E-state index is 0.157. The van der Waals surface area contributed by atoms with Crippen LogP contribution in [0.3, 0.4) is 0 Å². The maximum absolute atomic E-state index is 8.31. The second-order valence-corrected chi connectivity index (χ2v) is 2.29. The Morgan fingerprint density at radius 3 is 2.25 bits per heavy atom. The molecule has 0 bridgehead atoms. The quantitative estimate of drug-likeness (QED) is 0.526. The van der Waals surface area contributed by atoms with E-state index in [2.05, 4.69) is 6.07 Å². The molecule has 0 amide bonds. The van der Waals surface area contributed by atoms with Crippen LogP contribution in [0.25, 0.3) is 0 Å². The minimum atomic E-state index is 0.157. The summed E-state index contributed by atoms with van der Waals surface area (Å²) in [5.74, 6) is 0.157. The van der Waals surface area contributed by atoms with Gasteiger partial charge < -0.3 is 4.90 Å². The molecule has 0 heterocycles. The van der Waals surface area contributed by atoms with Crippen molar-refractivity contribution in [3.63, 3.8) is 0 Å². The van der Waals surface area contributed by atoms with Crippen LogP contribution in [-0.4, -0.2) is 25.5 Å². The van der Waals surface area contributed by atoms with Gasteiger partial charge in [0.1, 0.15) is 0 Å². The Balaban J connectivity index is 3.28. The first-order valence-corrected chi connectivity index (χ1v) is 2.71. The van der Waals surface area contributed by atoms with Gasteiger partial charge in [0.25, 0.3) is 0 Å². The van der Waals surface area contributed by atoms with Crippen LogP contribution in [-0.2, 0) is 0 Å². The molecule has 0 rings (SSSR count). The first kappa shape index (κ1) is 7.45. The maximum Gasteiger partial charge on any atom is 0.0666 e. The average Bonchev–Trinajstić information content (AvgIpc) is 1.65. The molecule has 8 heavy (non-hydrogen) atoms. The molecule has 46 valence electrons. The fourth-order valence-electron chi connectivity index (χ4n) is 0.589. The Hall–Kier alpha value is -0.550. The SMILES string of the molecule is C[C@H](C#N)CN(C)C. The highest BCUT2D eigenvalue weighted by atomic mass is 15.0. The lowest BCUT2D eigenvalue weighted by Crippen LogP contribution is -2.18. The van der Waals surface area contributed by atoms with Gasteiger partial charge in [0.2, 0.25) is 0 Å². The Morgan fingerprint density at radius 2 is 2.12 bits per heavy atom. The predicted molar refractivity (Wildman–Crippen MR) is 33.3 cm³/mol. The van der Waals surface area contributed by atoms with Crippen LogP contribution < -0.4 is 0 Å². The van der Waals surface area contributed by atoms with Crippen molar-refractivity contribution >= 4 is 0 Å². The van der Waals surface area contributed by atoms with Crippen molar-refractivity contribution in [1.82, 2.24) is 4.90 Å². The Bertz CT molecular complexity index is 91.2. The van der Waals surface area contributed by atoms with E-state index in [4.69, 9.17) is 5.26 Å². The molecule has 0 saturated carbocycles. The summed E-state index contributed by atoms with van der Waals surface area (Å²) in [5, 5.41) is 8.31. The number of nitriles is 1. The first-order chi connectivity index (χ1) is 3.66. The second kappa shape index (κ2) is 3.45. The van der Waals surface area contributed by atoms with Gasteiger partial charge in [0.05, 0.1) is 12.0 Å². The topological polar surface area (TPSA) is 27.0 Å². The van der Waals surface area contributed by atoms with Gasteiger partial charge >= 0.3 is 0 Å². The van der Waals surface area contributed by atoms with Crippen LogP contribution >= 0.6 is 0 Å². The molecule has 0 aliphatic heterocycles. The molecule has 0 spiro atoms. The van der Waals surface area contributed by atoms with Gasteiger partial charge in [-0.05, 0) is 21.0 Å². The van der Waals surface area contributed by atoms with Gasteiger partial charge in [-0.15, -0.1) is 0 Å². The van der Waals surface area contributed by atoms with Crippen LogP contribution in [0.2, 0.25) is 0 Å². The molecular formula is C6H12N2. The van der Waals surface area contributed by atoms with E-state index in [1.165, 1.54) is 0 Å². The predicted octanol–water partition coefficient (Wildman–Crippen LogP) is 0.708. The largest absolute Gasteiger partial charge is 0.308 e. The van der Waals surface area contributed by atoms with Gasteiger partial charge in [-0.2, -0.15) is 5.26 Å². The molecule has 0 aliphatic rings. The summed E-state index contributed by atoms with van der Waals surface area (Å²) >= 11 is 0. The molecule has 0 aromatic heterocycles. The Morgan fingerprint density at radius 1 is 1.62 bits per heavy atom. The monoisotopic (exact) mass is 112 g/mol. The van der Waals surface area contributed by atoms with Crippen LogP contribution in [0.15, 0.2) is 0 Å². The van der Waals surface area contributed by atoms with E-state index in [0.29, 0.717) is 0 Å². The minimum Gasteiger partial charge on any atom is -0.308 e. The molecule has 0 aliphatic carbocycles. The van der Waals surface area contributed by atoms with E-state index in [9.17, 15) is 0 Å². The highest BCUT2D eigenvalue weighted by Crippen LogP contribution is 1.91. The van der Waals surface area contributed by atoms with E-state index in [1.807, 2.05) is 25.9 Å². The van der Waals surface area contributed by atoms with Crippen molar-refractivity contribution < 1.29 is 0 Å². The summed E-state index contributed by atoms with van der Waals surface area (Å²) in [5.41, 5.74) is 0. The van der Waals surface area contributed by atoms with Crippen LogP contribution in [0.1, 0.15) is 6.92 Å². The molecule has 0 aromatic rings.